The minimum Gasteiger partial charge on any atom is -0.319 e. The number of halogens is 1. The second-order valence-corrected chi connectivity index (χ2v) is 8.23. The molecule has 0 aliphatic heterocycles. The Labute approximate surface area is 197 Å². The summed E-state index contributed by atoms with van der Waals surface area (Å²) in [5.41, 5.74) is 2.42. The number of carbonyl (C=O) groups is 1. The first-order valence-electron chi connectivity index (χ1n) is 9.27. The van der Waals surface area contributed by atoms with Gasteiger partial charge >= 0.3 is 0 Å². The molecule has 3 aromatic carbocycles. The van der Waals surface area contributed by atoms with Crippen LogP contribution in [0.25, 0.3) is 0 Å². The monoisotopic (exact) mass is 502 g/mol. The van der Waals surface area contributed by atoms with Crippen LogP contribution in [0.3, 0.4) is 0 Å². The third kappa shape index (κ3) is 6.41. The fourth-order valence-electron chi connectivity index (χ4n) is 2.52. The lowest BCUT2D eigenvalue weighted by molar-refractivity contribution is -0.384. The lowest BCUT2D eigenvalue weighted by atomic mass is 10.3. The van der Waals surface area contributed by atoms with Gasteiger partial charge in [0.2, 0.25) is 0 Å². The molecule has 0 spiro atoms. The highest BCUT2D eigenvalue weighted by Crippen LogP contribution is 2.29. The Kier molecular flexibility index (Phi) is 7.63. The van der Waals surface area contributed by atoms with E-state index in [0.717, 1.165) is 18.2 Å². The molecule has 0 fully saturated rings. The van der Waals surface area contributed by atoms with Crippen molar-refractivity contribution in [3.05, 3.63) is 87.9 Å². The van der Waals surface area contributed by atoms with E-state index in [2.05, 4.69) is 26.1 Å². The Hall–Kier alpha value is -4.20. The van der Waals surface area contributed by atoms with Gasteiger partial charge in [-0.15, -0.1) is 15.3 Å². The Balaban J connectivity index is 1.95. The van der Waals surface area contributed by atoms with E-state index in [1.807, 2.05) is 0 Å². The van der Waals surface area contributed by atoms with Crippen LogP contribution in [0.1, 0.15) is 0 Å². The van der Waals surface area contributed by atoms with E-state index in [-0.39, 0.29) is 22.1 Å². The number of amidine groups is 1. The van der Waals surface area contributed by atoms with Gasteiger partial charge in [0.1, 0.15) is 10.6 Å². The average Bonchev–Trinajstić information content (AvgIpc) is 2.80. The van der Waals surface area contributed by atoms with E-state index in [9.17, 15) is 27.9 Å². The molecule has 12 nitrogen and oxygen atoms in total. The van der Waals surface area contributed by atoms with Gasteiger partial charge < -0.3 is 5.32 Å². The van der Waals surface area contributed by atoms with Gasteiger partial charge in [-0.2, -0.15) is 8.42 Å². The third-order valence-corrected chi connectivity index (χ3v) is 5.29. The molecule has 3 rings (SSSR count). The van der Waals surface area contributed by atoms with Crippen molar-refractivity contribution in [2.24, 2.45) is 15.3 Å². The zero-order valence-electron chi connectivity index (χ0n) is 17.0. The third-order valence-electron chi connectivity index (χ3n) is 4.08. The van der Waals surface area contributed by atoms with Gasteiger partial charge in [0.25, 0.3) is 27.5 Å². The number of hydrazone groups is 1. The topological polar surface area (TPSA) is 176 Å². The van der Waals surface area contributed by atoms with Crippen LogP contribution in [-0.4, -0.2) is 29.6 Å². The lowest BCUT2D eigenvalue weighted by Gasteiger charge is -2.07. The van der Waals surface area contributed by atoms with Crippen molar-refractivity contribution in [1.82, 2.24) is 0 Å². The fraction of sp³-hybridized carbons (Fsp3) is 0. The maximum absolute atomic E-state index is 12.7. The molecule has 0 radical (unpaired) electrons. The minimum atomic E-state index is -4.58. The van der Waals surface area contributed by atoms with Crippen molar-refractivity contribution in [3.8, 4) is 0 Å². The highest BCUT2D eigenvalue weighted by atomic mass is 35.5. The maximum atomic E-state index is 12.7. The van der Waals surface area contributed by atoms with Crippen LogP contribution >= 0.6 is 11.6 Å². The molecule has 3 aromatic rings. The predicted molar refractivity (Wildman–Crippen MR) is 125 cm³/mol. The smallest absolute Gasteiger partial charge is 0.297 e. The number of nitrogens with zero attached hydrogens (tertiary/aromatic N) is 4. The van der Waals surface area contributed by atoms with E-state index in [1.165, 1.54) is 24.3 Å². The molecule has 0 saturated heterocycles. The van der Waals surface area contributed by atoms with Crippen LogP contribution < -0.4 is 10.7 Å². The average molecular weight is 503 g/mol. The highest BCUT2D eigenvalue weighted by molar-refractivity contribution is 7.86. The molecule has 0 bridgehead atoms. The van der Waals surface area contributed by atoms with E-state index in [1.54, 1.807) is 30.3 Å². The summed E-state index contributed by atoms with van der Waals surface area (Å²) in [4.78, 5) is 22.5. The summed E-state index contributed by atoms with van der Waals surface area (Å²) in [7, 11) is -4.58. The molecule has 0 aliphatic rings. The Morgan fingerprint density at radius 1 is 1.03 bits per heavy atom. The van der Waals surface area contributed by atoms with E-state index in [4.69, 9.17) is 11.6 Å². The van der Waals surface area contributed by atoms with Crippen LogP contribution in [-0.2, 0) is 14.9 Å². The molecule has 1 amide bonds. The molecule has 0 saturated carbocycles. The zero-order valence-corrected chi connectivity index (χ0v) is 18.6. The normalized spacial score (nSPS) is 11.9. The lowest BCUT2D eigenvalue weighted by Crippen LogP contribution is -2.22. The standard InChI is InChI=1S/C20H15ClN6O6S/c21-15-12-14(27(29)30)10-11-16(15)23-25-19(20(28)22-13-6-2-1-3-7-13)26-24-17-8-4-5-9-18(17)34(31,32)33/h1-12,24H,(H,22,28)(H,31,32,33)/b25-23?,26-19+. The molecule has 3 N–H and O–H groups in total. The molecule has 14 heteroatoms. The van der Waals surface area contributed by atoms with E-state index in [0.29, 0.717) is 5.69 Å². The number of carbonyl (C=O) groups excluding carboxylic acids is 1. The van der Waals surface area contributed by atoms with Gasteiger partial charge in [-0.3, -0.25) is 24.9 Å². The molecule has 0 atom stereocenters. The number of nitro benzene ring substituents is 1. The number of hydrogen-bond donors (Lipinski definition) is 3. The van der Waals surface area contributed by atoms with Gasteiger partial charge in [-0.25, -0.2) is 0 Å². The van der Waals surface area contributed by atoms with E-state index < -0.39 is 31.7 Å². The first-order chi connectivity index (χ1) is 16.1. The maximum Gasteiger partial charge on any atom is 0.297 e. The first kappa shape index (κ1) is 24.4. The van der Waals surface area contributed by atoms with Gasteiger partial charge in [0.05, 0.1) is 15.6 Å². The SMILES string of the molecule is O=C(Nc1ccccc1)/C(N=Nc1ccc([N+](=O)[O-])cc1Cl)=N\Nc1ccccc1S(=O)(=O)O. The van der Waals surface area contributed by atoms with Crippen molar-refractivity contribution in [1.29, 1.82) is 0 Å². The van der Waals surface area contributed by atoms with Crippen LogP contribution in [0.4, 0.5) is 22.7 Å². The minimum absolute atomic E-state index is 0.0193. The molecule has 0 aromatic heterocycles. The number of benzene rings is 3. The van der Waals surface area contributed by atoms with Crippen molar-refractivity contribution >= 4 is 56.2 Å². The van der Waals surface area contributed by atoms with Gasteiger partial charge in [0.15, 0.2) is 0 Å². The first-order valence-corrected chi connectivity index (χ1v) is 11.1. The number of nitrogens with one attached hydrogen (secondary N) is 2. The molecular formula is C20H15ClN6O6S. The quantitative estimate of drug-likeness (QED) is 0.110. The van der Waals surface area contributed by atoms with Crippen molar-refractivity contribution in [2.45, 2.75) is 4.90 Å². The van der Waals surface area contributed by atoms with Crippen LogP contribution in [0.15, 0.2) is 93.0 Å². The molecular weight excluding hydrogens is 488 g/mol. The number of non-ortho nitro benzene ring substituents is 1. The molecule has 174 valence electrons. The molecule has 34 heavy (non-hydrogen) atoms. The Morgan fingerprint density at radius 3 is 2.35 bits per heavy atom. The van der Waals surface area contributed by atoms with Crippen LogP contribution in [0.5, 0.6) is 0 Å². The summed E-state index contributed by atoms with van der Waals surface area (Å²) >= 11 is 6.00. The summed E-state index contributed by atoms with van der Waals surface area (Å²) in [6.45, 7) is 0. The van der Waals surface area contributed by atoms with Crippen molar-refractivity contribution in [3.63, 3.8) is 0 Å². The van der Waals surface area contributed by atoms with Crippen LogP contribution in [0, 0.1) is 10.1 Å². The fourth-order valence-corrected chi connectivity index (χ4v) is 3.37. The predicted octanol–water partition coefficient (Wildman–Crippen LogP) is 4.64. The second kappa shape index (κ2) is 10.6. The largest absolute Gasteiger partial charge is 0.319 e. The van der Waals surface area contributed by atoms with Gasteiger partial charge in [-0.05, 0) is 30.3 Å². The number of rotatable bonds is 6. The number of para-hydroxylation sites is 2. The Bertz CT molecular complexity index is 1400. The highest BCUT2D eigenvalue weighted by Gasteiger charge is 2.17. The summed E-state index contributed by atoms with van der Waals surface area (Å²) in [6, 6.07) is 17.1. The summed E-state index contributed by atoms with van der Waals surface area (Å²) in [5.74, 6) is -1.35. The summed E-state index contributed by atoms with van der Waals surface area (Å²) in [6.07, 6.45) is 0. The van der Waals surface area contributed by atoms with Crippen LogP contribution in [0.2, 0.25) is 5.02 Å². The molecule has 0 heterocycles. The number of anilines is 2. The summed E-state index contributed by atoms with van der Waals surface area (Å²) < 4.78 is 32.5. The van der Waals surface area contributed by atoms with Gasteiger partial charge in [-0.1, -0.05) is 41.9 Å². The van der Waals surface area contributed by atoms with Gasteiger partial charge in [0, 0.05) is 17.8 Å². The number of nitro groups is 1. The number of hydrogen-bond acceptors (Lipinski definition) is 8. The zero-order chi connectivity index (χ0) is 24.7. The number of amides is 1. The molecule has 0 aliphatic carbocycles. The Morgan fingerprint density at radius 2 is 1.71 bits per heavy atom. The summed E-state index contributed by atoms with van der Waals surface area (Å²) in [5, 5.41) is 24.7. The molecule has 0 unspecified atom stereocenters. The second-order valence-electron chi connectivity index (χ2n) is 6.43. The number of azo groups is 1. The van der Waals surface area contributed by atoms with E-state index >= 15 is 0 Å². The van der Waals surface area contributed by atoms with Crippen molar-refractivity contribution < 1.29 is 22.7 Å². The van der Waals surface area contributed by atoms with Crippen molar-refractivity contribution in [2.75, 3.05) is 10.7 Å².